The first-order valence-electron chi connectivity index (χ1n) is 4.99. The van der Waals surface area contributed by atoms with Gasteiger partial charge in [0, 0.05) is 0 Å². The molecule has 10 heteroatoms. The van der Waals surface area contributed by atoms with E-state index in [0.717, 1.165) is 0 Å². The van der Waals surface area contributed by atoms with Crippen molar-refractivity contribution in [1.82, 2.24) is 0 Å². The van der Waals surface area contributed by atoms with Crippen LogP contribution in [0.5, 0.6) is 0 Å². The van der Waals surface area contributed by atoms with Crippen LogP contribution in [0.25, 0.3) is 0 Å². The molecule has 1 aromatic rings. The zero-order valence-electron chi connectivity index (χ0n) is 9.41. The zero-order chi connectivity index (χ0) is 14.6. The number of benzene rings is 1. The summed E-state index contributed by atoms with van der Waals surface area (Å²) in [4.78, 5) is 27.2. The van der Waals surface area contributed by atoms with Gasteiger partial charge >= 0.3 is 5.79 Å². The van der Waals surface area contributed by atoms with E-state index in [-0.39, 0.29) is 5.56 Å². The molecule has 0 saturated carbocycles. The van der Waals surface area contributed by atoms with Crippen molar-refractivity contribution >= 4 is 0 Å². The fourth-order valence-electron chi connectivity index (χ4n) is 1.48. The highest BCUT2D eigenvalue weighted by Gasteiger charge is 2.71. The Morgan fingerprint density at radius 1 is 1.00 bits per heavy atom. The summed E-state index contributed by atoms with van der Waals surface area (Å²) in [6, 6.07) is 7.29. The van der Waals surface area contributed by atoms with Gasteiger partial charge in [-0.25, -0.2) is 0 Å². The van der Waals surface area contributed by atoms with Crippen LogP contribution in [0.3, 0.4) is 0 Å². The molecule has 1 atom stereocenters. The lowest BCUT2D eigenvalue weighted by Gasteiger charge is -2.13. The van der Waals surface area contributed by atoms with Crippen LogP contribution in [0.15, 0.2) is 30.3 Å². The second-order valence-corrected chi connectivity index (χ2v) is 3.68. The van der Waals surface area contributed by atoms with E-state index in [1.54, 1.807) is 6.07 Å². The Labute approximate surface area is 105 Å². The molecule has 10 nitrogen and oxygen atoms in total. The highest BCUT2D eigenvalue weighted by Crippen LogP contribution is 2.27. The third-order valence-corrected chi connectivity index (χ3v) is 2.53. The topological polar surface area (TPSA) is 150 Å². The molecular weight excluding hydrogens is 262 g/mol. The number of nitrogens with zero attached hydrogens (tertiary/aromatic N) is 3. The van der Waals surface area contributed by atoms with Crippen LogP contribution in [0, 0.1) is 30.3 Å². The summed E-state index contributed by atoms with van der Waals surface area (Å²) in [5.41, 5.74) is 0.123. The fourth-order valence-corrected chi connectivity index (χ4v) is 1.48. The molecule has 1 aromatic carbocycles. The van der Waals surface area contributed by atoms with Gasteiger partial charge in [-0.3, -0.25) is 30.3 Å². The van der Waals surface area contributed by atoms with Gasteiger partial charge in [-0.1, -0.05) is 30.3 Å². The maximum Gasteiger partial charge on any atom is 0.702 e. The number of nitro groups is 3. The number of aliphatic hydroxyl groups excluding tert-OH is 1. The summed E-state index contributed by atoms with van der Waals surface area (Å²) in [6.45, 7) is 0. The Morgan fingerprint density at radius 2 is 1.42 bits per heavy atom. The van der Waals surface area contributed by atoms with E-state index in [0.29, 0.717) is 0 Å². The van der Waals surface area contributed by atoms with E-state index >= 15 is 0 Å². The Bertz CT molecular complexity index is 468. The van der Waals surface area contributed by atoms with Crippen LogP contribution in [-0.4, -0.2) is 25.7 Å². The number of hydrogen-bond donors (Lipinski definition) is 1. The van der Waals surface area contributed by atoms with Crippen molar-refractivity contribution in [2.24, 2.45) is 0 Å². The van der Waals surface area contributed by atoms with Crippen LogP contribution in [0.1, 0.15) is 18.1 Å². The normalized spacial score (nSPS) is 12.7. The van der Waals surface area contributed by atoms with E-state index in [4.69, 9.17) is 0 Å². The van der Waals surface area contributed by atoms with Crippen molar-refractivity contribution in [2.45, 2.75) is 18.3 Å². The van der Waals surface area contributed by atoms with Crippen LogP contribution in [0.4, 0.5) is 0 Å². The smallest absolute Gasteiger partial charge is 0.387 e. The first kappa shape index (κ1) is 14.4. The van der Waals surface area contributed by atoms with Gasteiger partial charge < -0.3 is 5.11 Å². The van der Waals surface area contributed by atoms with Crippen LogP contribution in [0.2, 0.25) is 0 Å². The van der Waals surface area contributed by atoms with E-state index in [2.05, 4.69) is 0 Å². The van der Waals surface area contributed by atoms with Gasteiger partial charge in [0.2, 0.25) is 0 Å². The number of rotatable bonds is 6. The lowest BCUT2D eigenvalue weighted by atomic mass is 10.0. The van der Waals surface area contributed by atoms with Crippen LogP contribution >= 0.6 is 0 Å². The van der Waals surface area contributed by atoms with Crippen LogP contribution in [-0.2, 0) is 0 Å². The molecule has 1 N–H and O–H groups in total. The van der Waals surface area contributed by atoms with Crippen molar-refractivity contribution < 1.29 is 19.9 Å². The predicted molar refractivity (Wildman–Crippen MR) is 59.7 cm³/mol. The Hall–Kier alpha value is -2.62. The summed E-state index contributed by atoms with van der Waals surface area (Å²) in [5, 5.41) is 41.7. The van der Waals surface area contributed by atoms with Crippen molar-refractivity contribution in [2.75, 3.05) is 0 Å². The highest BCUT2D eigenvalue weighted by atomic mass is 16.7. The average molecular weight is 271 g/mol. The maximum atomic E-state index is 10.7. The molecule has 0 aliphatic heterocycles. The molecule has 0 amide bonds. The molecule has 0 saturated heterocycles. The highest BCUT2D eigenvalue weighted by molar-refractivity contribution is 5.17. The van der Waals surface area contributed by atoms with Gasteiger partial charge in [-0.05, 0) is 5.56 Å². The Balaban J connectivity index is 3.12. The van der Waals surface area contributed by atoms with Gasteiger partial charge in [0.05, 0.1) is 0 Å². The average Bonchev–Trinajstić information content (AvgIpc) is 2.35. The quantitative estimate of drug-likeness (QED) is 0.451. The molecule has 0 radical (unpaired) electrons. The molecule has 0 aliphatic carbocycles. The molecule has 0 heterocycles. The maximum absolute atomic E-state index is 10.7. The second-order valence-electron chi connectivity index (χ2n) is 3.68. The van der Waals surface area contributed by atoms with E-state index < -0.39 is 33.1 Å². The lowest BCUT2D eigenvalue weighted by Crippen LogP contribution is -2.54. The Kier molecular flexibility index (Phi) is 4.07. The minimum atomic E-state index is -3.66. The molecule has 1 unspecified atom stereocenters. The van der Waals surface area contributed by atoms with Gasteiger partial charge in [-0.2, -0.15) is 0 Å². The van der Waals surface area contributed by atoms with Gasteiger partial charge in [-0.15, -0.1) is 0 Å². The summed E-state index contributed by atoms with van der Waals surface area (Å²) < 4.78 is 0. The predicted octanol–water partition coefficient (Wildman–Crippen LogP) is 0.594. The molecular formula is C9H9N3O7. The monoisotopic (exact) mass is 271 g/mol. The molecule has 0 aromatic heterocycles. The minimum Gasteiger partial charge on any atom is -0.387 e. The SMILES string of the molecule is O=[N+]([O-])C(CC(O)c1ccccc1)([N+](=O)[O-])[N+](=O)[O-]. The third kappa shape index (κ3) is 2.63. The summed E-state index contributed by atoms with van der Waals surface area (Å²) in [7, 11) is 0. The Morgan fingerprint density at radius 3 is 1.79 bits per heavy atom. The molecule has 102 valence electrons. The third-order valence-electron chi connectivity index (χ3n) is 2.53. The molecule has 1 rings (SSSR count). The minimum absolute atomic E-state index is 0.123. The molecule has 0 spiro atoms. The van der Waals surface area contributed by atoms with Crippen molar-refractivity contribution in [3.05, 3.63) is 66.2 Å². The van der Waals surface area contributed by atoms with Crippen molar-refractivity contribution in [3.8, 4) is 0 Å². The second kappa shape index (κ2) is 5.35. The van der Waals surface area contributed by atoms with Gasteiger partial charge in [0.25, 0.3) is 0 Å². The number of aliphatic hydroxyl groups is 1. The summed E-state index contributed by atoms with van der Waals surface area (Å²) in [5.74, 6) is -3.66. The van der Waals surface area contributed by atoms with E-state index in [9.17, 15) is 35.4 Å². The zero-order valence-corrected chi connectivity index (χ0v) is 9.41. The van der Waals surface area contributed by atoms with Crippen molar-refractivity contribution in [3.63, 3.8) is 0 Å². The number of hydrogen-bond acceptors (Lipinski definition) is 7. The van der Waals surface area contributed by atoms with Gasteiger partial charge in [0.15, 0.2) is 21.2 Å². The molecule has 0 bridgehead atoms. The van der Waals surface area contributed by atoms with Gasteiger partial charge in [0.1, 0.15) is 6.10 Å². The van der Waals surface area contributed by atoms with Crippen molar-refractivity contribution in [1.29, 1.82) is 0 Å². The molecule has 0 fully saturated rings. The summed E-state index contributed by atoms with van der Waals surface area (Å²) >= 11 is 0. The van der Waals surface area contributed by atoms with E-state index in [1.807, 2.05) is 0 Å². The van der Waals surface area contributed by atoms with E-state index in [1.165, 1.54) is 24.3 Å². The standard InChI is InChI=1S/C9H9N3O7/c13-8(7-4-2-1-3-5-7)6-9(10(14)15,11(16)17)12(18)19/h1-5,8,13H,6H2. The lowest BCUT2D eigenvalue weighted by molar-refractivity contribution is -0.971. The largest absolute Gasteiger partial charge is 0.702 e. The summed E-state index contributed by atoms with van der Waals surface area (Å²) in [6.07, 6.45) is -2.95. The first-order valence-corrected chi connectivity index (χ1v) is 4.99. The fraction of sp³-hybridized carbons (Fsp3) is 0.333. The molecule has 19 heavy (non-hydrogen) atoms. The molecule has 0 aliphatic rings. The first-order chi connectivity index (χ1) is 8.82. The van der Waals surface area contributed by atoms with Crippen LogP contribution < -0.4 is 0 Å².